The number of carbonyl (C=O) groups excluding carboxylic acids is 1. The molecule has 110 valence electrons. The Morgan fingerprint density at radius 3 is 2.63 bits per heavy atom. The minimum atomic E-state index is -0.998. The second-order valence-electron chi connectivity index (χ2n) is 5.18. The van der Waals surface area contributed by atoms with Gasteiger partial charge in [0.2, 0.25) is 0 Å². The zero-order valence-corrected chi connectivity index (χ0v) is 11.8. The Morgan fingerprint density at radius 2 is 2.16 bits per heavy atom. The fraction of sp³-hybridized carbons (Fsp3) is 0.846. The summed E-state index contributed by atoms with van der Waals surface area (Å²) in [7, 11) is 0. The van der Waals surface area contributed by atoms with Crippen molar-refractivity contribution in [1.82, 2.24) is 10.6 Å². The molecule has 0 aromatic carbocycles. The van der Waals surface area contributed by atoms with Gasteiger partial charge >= 0.3 is 12.0 Å². The molecule has 1 aliphatic rings. The second-order valence-corrected chi connectivity index (χ2v) is 5.18. The number of carbonyl (C=O) groups is 2. The number of aliphatic carboxylic acids is 1. The molecule has 2 amide bonds. The summed E-state index contributed by atoms with van der Waals surface area (Å²) in [5, 5.41) is 14.3. The van der Waals surface area contributed by atoms with Crippen LogP contribution >= 0.6 is 0 Å². The zero-order chi connectivity index (χ0) is 14.4. The molecule has 4 atom stereocenters. The Labute approximate surface area is 113 Å². The summed E-state index contributed by atoms with van der Waals surface area (Å²) >= 11 is 0. The van der Waals surface area contributed by atoms with Crippen LogP contribution in [0.25, 0.3) is 0 Å². The Bertz CT molecular complexity index is 322. The van der Waals surface area contributed by atoms with Crippen molar-refractivity contribution in [2.45, 2.75) is 45.8 Å². The van der Waals surface area contributed by atoms with Crippen LogP contribution in [0.15, 0.2) is 0 Å². The van der Waals surface area contributed by atoms with Gasteiger partial charge in [0.05, 0.1) is 6.10 Å². The number of nitrogens with one attached hydrogen (secondary N) is 2. The van der Waals surface area contributed by atoms with Gasteiger partial charge in [-0.05, 0) is 19.3 Å². The molecule has 3 N–H and O–H groups in total. The lowest BCUT2D eigenvalue weighted by Gasteiger charge is -2.21. The van der Waals surface area contributed by atoms with E-state index in [-0.39, 0.29) is 12.0 Å². The lowest BCUT2D eigenvalue weighted by molar-refractivity contribution is -0.140. The van der Waals surface area contributed by atoms with Gasteiger partial charge < -0.3 is 20.5 Å². The first-order chi connectivity index (χ1) is 8.95. The monoisotopic (exact) mass is 272 g/mol. The maximum Gasteiger partial charge on any atom is 0.326 e. The van der Waals surface area contributed by atoms with Crippen LogP contribution in [0.5, 0.6) is 0 Å². The predicted molar refractivity (Wildman–Crippen MR) is 70.9 cm³/mol. The number of carboxylic acid groups (broad SMARTS) is 1. The van der Waals surface area contributed by atoms with Gasteiger partial charge in [-0.15, -0.1) is 0 Å². The summed E-state index contributed by atoms with van der Waals surface area (Å²) in [4.78, 5) is 22.8. The maximum absolute atomic E-state index is 11.7. The number of hydrogen-bond acceptors (Lipinski definition) is 3. The van der Waals surface area contributed by atoms with Crippen LogP contribution in [0.4, 0.5) is 4.79 Å². The number of rotatable bonds is 6. The van der Waals surface area contributed by atoms with E-state index in [1.54, 1.807) is 0 Å². The third-order valence-corrected chi connectivity index (χ3v) is 3.82. The molecule has 1 fully saturated rings. The first kappa shape index (κ1) is 15.8. The molecule has 0 spiro atoms. The lowest BCUT2D eigenvalue weighted by Crippen LogP contribution is -2.50. The third-order valence-electron chi connectivity index (χ3n) is 3.82. The first-order valence-electron chi connectivity index (χ1n) is 6.84. The van der Waals surface area contributed by atoms with E-state index in [0.29, 0.717) is 18.9 Å². The van der Waals surface area contributed by atoms with Gasteiger partial charge in [0.1, 0.15) is 6.04 Å². The largest absolute Gasteiger partial charge is 0.480 e. The highest BCUT2D eigenvalue weighted by Gasteiger charge is 2.27. The Morgan fingerprint density at radius 1 is 1.47 bits per heavy atom. The summed E-state index contributed by atoms with van der Waals surface area (Å²) in [5.41, 5.74) is 0. The van der Waals surface area contributed by atoms with Crippen molar-refractivity contribution in [3.8, 4) is 0 Å². The van der Waals surface area contributed by atoms with Crippen LogP contribution < -0.4 is 10.6 Å². The van der Waals surface area contributed by atoms with Crippen LogP contribution in [0.3, 0.4) is 0 Å². The van der Waals surface area contributed by atoms with Crippen LogP contribution in [0.2, 0.25) is 0 Å². The van der Waals surface area contributed by atoms with Crippen molar-refractivity contribution in [3.05, 3.63) is 0 Å². The quantitative estimate of drug-likeness (QED) is 0.678. The molecule has 3 unspecified atom stereocenters. The molecular formula is C13H24N2O4. The van der Waals surface area contributed by atoms with Crippen LogP contribution in [-0.2, 0) is 9.53 Å². The summed E-state index contributed by atoms with van der Waals surface area (Å²) < 4.78 is 5.41. The van der Waals surface area contributed by atoms with E-state index in [2.05, 4.69) is 10.6 Å². The Balaban J connectivity index is 2.38. The zero-order valence-electron chi connectivity index (χ0n) is 11.8. The van der Waals surface area contributed by atoms with Gasteiger partial charge in [0.15, 0.2) is 0 Å². The van der Waals surface area contributed by atoms with Crippen molar-refractivity contribution >= 4 is 12.0 Å². The normalized spacial score (nSPS) is 25.6. The lowest BCUT2D eigenvalue weighted by atomic mass is 9.99. The molecule has 0 bridgehead atoms. The third kappa shape index (κ3) is 4.70. The minimum Gasteiger partial charge on any atom is -0.480 e. The van der Waals surface area contributed by atoms with Gasteiger partial charge in [0, 0.05) is 19.1 Å². The summed E-state index contributed by atoms with van der Waals surface area (Å²) in [6.45, 7) is 6.93. The maximum atomic E-state index is 11.7. The predicted octanol–water partition coefficient (Wildman–Crippen LogP) is 1.21. The van der Waals surface area contributed by atoms with E-state index >= 15 is 0 Å². The standard InChI is InChI=1S/C13H24N2O4/c1-4-8(2)11(12(16)17)15-13(18)14-7-10-5-6-19-9(10)3/h8-11H,4-7H2,1-3H3,(H,16,17)(H2,14,15,18)/t8?,9?,10?,11-/m0/s1. The molecule has 0 aliphatic carbocycles. The fourth-order valence-electron chi connectivity index (χ4n) is 2.14. The molecule has 1 heterocycles. The van der Waals surface area contributed by atoms with Crippen molar-refractivity contribution in [3.63, 3.8) is 0 Å². The molecular weight excluding hydrogens is 248 g/mol. The summed E-state index contributed by atoms with van der Waals surface area (Å²) in [6.07, 6.45) is 1.77. The van der Waals surface area contributed by atoms with Crippen LogP contribution in [0.1, 0.15) is 33.6 Å². The van der Waals surface area contributed by atoms with E-state index in [0.717, 1.165) is 13.0 Å². The summed E-state index contributed by atoms with van der Waals surface area (Å²) in [5.74, 6) is -0.795. The van der Waals surface area contributed by atoms with E-state index in [1.165, 1.54) is 0 Å². The molecule has 19 heavy (non-hydrogen) atoms. The van der Waals surface area contributed by atoms with Gasteiger partial charge in [0.25, 0.3) is 0 Å². The molecule has 1 rings (SSSR count). The molecule has 6 nitrogen and oxygen atoms in total. The summed E-state index contributed by atoms with van der Waals surface area (Å²) in [6, 6.07) is -1.27. The molecule has 1 saturated heterocycles. The second kappa shape index (κ2) is 7.33. The highest BCUT2D eigenvalue weighted by Crippen LogP contribution is 2.19. The van der Waals surface area contributed by atoms with Crippen molar-refractivity contribution in [1.29, 1.82) is 0 Å². The average Bonchev–Trinajstić information content (AvgIpc) is 2.77. The Hall–Kier alpha value is -1.30. The van der Waals surface area contributed by atoms with Crippen LogP contribution in [0, 0.1) is 11.8 Å². The molecule has 0 saturated carbocycles. The molecule has 0 aromatic rings. The number of carboxylic acids is 1. The Kier molecular flexibility index (Phi) is 6.08. The van der Waals surface area contributed by atoms with E-state index in [9.17, 15) is 9.59 Å². The SMILES string of the molecule is CCC(C)[C@H](NC(=O)NCC1CCOC1C)C(=O)O. The average molecular weight is 272 g/mol. The van der Waals surface area contributed by atoms with E-state index in [1.807, 2.05) is 20.8 Å². The minimum absolute atomic E-state index is 0.100. The van der Waals surface area contributed by atoms with Crippen LogP contribution in [-0.4, -0.2) is 42.4 Å². The molecule has 0 aromatic heterocycles. The number of ether oxygens (including phenoxy) is 1. The molecule has 1 aliphatic heterocycles. The van der Waals surface area contributed by atoms with Crippen molar-refractivity contribution < 1.29 is 19.4 Å². The number of urea groups is 1. The number of amides is 2. The molecule has 0 radical (unpaired) electrons. The first-order valence-corrected chi connectivity index (χ1v) is 6.84. The van der Waals surface area contributed by atoms with E-state index in [4.69, 9.17) is 9.84 Å². The fourth-order valence-corrected chi connectivity index (χ4v) is 2.14. The van der Waals surface area contributed by atoms with Crippen molar-refractivity contribution in [2.75, 3.05) is 13.2 Å². The van der Waals surface area contributed by atoms with Gasteiger partial charge in [-0.2, -0.15) is 0 Å². The van der Waals surface area contributed by atoms with E-state index < -0.39 is 18.0 Å². The van der Waals surface area contributed by atoms with Gasteiger partial charge in [-0.25, -0.2) is 9.59 Å². The highest BCUT2D eigenvalue weighted by atomic mass is 16.5. The topological polar surface area (TPSA) is 87.7 Å². The molecule has 6 heteroatoms. The number of hydrogen-bond donors (Lipinski definition) is 3. The highest BCUT2D eigenvalue weighted by molar-refractivity contribution is 5.82. The smallest absolute Gasteiger partial charge is 0.326 e. The van der Waals surface area contributed by atoms with Gasteiger partial charge in [-0.1, -0.05) is 20.3 Å². The van der Waals surface area contributed by atoms with Crippen molar-refractivity contribution in [2.24, 2.45) is 11.8 Å². The van der Waals surface area contributed by atoms with Gasteiger partial charge in [-0.3, -0.25) is 0 Å².